The zero-order valence-corrected chi connectivity index (χ0v) is 11.5. The number of halogens is 2. The van der Waals surface area contributed by atoms with E-state index in [1.165, 1.54) is 25.7 Å². The molecular formula is C14H23F2NO2. The second-order valence-corrected chi connectivity index (χ2v) is 6.05. The normalized spacial score (nSPS) is 34.3. The molecule has 3 nitrogen and oxygen atoms in total. The molecule has 0 spiro atoms. The first-order valence-corrected chi connectivity index (χ1v) is 7.27. The Bertz CT molecular complexity index is 315. The zero-order valence-electron chi connectivity index (χ0n) is 11.5. The summed E-state index contributed by atoms with van der Waals surface area (Å²) in [6, 6.07) is 0. The third kappa shape index (κ3) is 4.13. The first-order valence-electron chi connectivity index (χ1n) is 7.27. The van der Waals surface area contributed by atoms with Gasteiger partial charge in [-0.25, -0.2) is 4.79 Å². The Morgan fingerprint density at radius 1 is 1.32 bits per heavy atom. The van der Waals surface area contributed by atoms with Gasteiger partial charge in [-0.2, -0.15) is 8.78 Å². The van der Waals surface area contributed by atoms with Crippen LogP contribution in [0.5, 0.6) is 0 Å². The van der Waals surface area contributed by atoms with E-state index in [2.05, 4.69) is 17.0 Å². The molecule has 0 aromatic heterocycles. The second-order valence-electron chi connectivity index (χ2n) is 6.05. The molecule has 1 aliphatic heterocycles. The third-order valence-electron chi connectivity index (χ3n) is 4.29. The van der Waals surface area contributed by atoms with E-state index in [1.54, 1.807) is 0 Å². The molecule has 2 fully saturated rings. The summed E-state index contributed by atoms with van der Waals surface area (Å²) in [6.07, 6.45) is 5.09. The quantitative estimate of drug-likeness (QED) is 0.619. The highest BCUT2D eigenvalue weighted by atomic mass is 19.3. The molecule has 19 heavy (non-hydrogen) atoms. The Hall–Kier alpha value is -0.710. The molecule has 2 rings (SSSR count). The number of alkyl halides is 2. The van der Waals surface area contributed by atoms with Crippen LogP contribution in [0.15, 0.2) is 0 Å². The third-order valence-corrected chi connectivity index (χ3v) is 4.29. The fourth-order valence-corrected chi connectivity index (χ4v) is 2.95. The van der Waals surface area contributed by atoms with Gasteiger partial charge in [0, 0.05) is 6.54 Å². The van der Waals surface area contributed by atoms with Gasteiger partial charge in [-0.15, -0.1) is 0 Å². The van der Waals surface area contributed by atoms with Crippen molar-refractivity contribution in [2.24, 2.45) is 11.8 Å². The molecule has 1 heterocycles. The Morgan fingerprint density at radius 2 is 2.00 bits per heavy atom. The van der Waals surface area contributed by atoms with E-state index in [9.17, 15) is 13.6 Å². The molecule has 0 radical (unpaired) electrons. The van der Waals surface area contributed by atoms with Crippen molar-refractivity contribution in [1.29, 1.82) is 0 Å². The van der Waals surface area contributed by atoms with E-state index in [-0.39, 0.29) is 0 Å². The molecule has 1 aliphatic carbocycles. The van der Waals surface area contributed by atoms with Crippen molar-refractivity contribution in [3.05, 3.63) is 0 Å². The first kappa shape index (κ1) is 14.7. The average Bonchev–Trinajstić information content (AvgIpc) is 2.61. The highest BCUT2D eigenvalue weighted by Crippen LogP contribution is 2.31. The summed E-state index contributed by atoms with van der Waals surface area (Å²) in [7, 11) is 0. The monoisotopic (exact) mass is 275 g/mol. The van der Waals surface area contributed by atoms with Crippen LogP contribution in [0.25, 0.3) is 0 Å². The molecule has 110 valence electrons. The molecular weight excluding hydrogens is 252 g/mol. The van der Waals surface area contributed by atoms with Gasteiger partial charge in [-0.05, 0) is 24.8 Å². The molecule has 5 heteroatoms. The van der Waals surface area contributed by atoms with Gasteiger partial charge in [-0.1, -0.05) is 32.6 Å². The summed E-state index contributed by atoms with van der Waals surface area (Å²) < 4.78 is 30.5. The smallest absolute Gasteiger partial charge is 0.377 e. The minimum Gasteiger partial charge on any atom is -0.456 e. The van der Waals surface area contributed by atoms with Crippen molar-refractivity contribution in [2.45, 2.75) is 57.5 Å². The predicted octanol–water partition coefficient (Wildman–Crippen LogP) is 2.74. The SMILES string of the molecule is CC1CCC(CCNCC2CC(F)(F)C(=O)O2)CC1. The van der Waals surface area contributed by atoms with Gasteiger partial charge in [0.25, 0.3) is 0 Å². The number of ether oxygens (including phenoxy) is 1. The van der Waals surface area contributed by atoms with Crippen molar-refractivity contribution in [3.63, 3.8) is 0 Å². The number of carbonyl (C=O) groups excluding carboxylic acids is 1. The van der Waals surface area contributed by atoms with Gasteiger partial charge < -0.3 is 10.1 Å². The summed E-state index contributed by atoms with van der Waals surface area (Å²) in [5.41, 5.74) is 0. The van der Waals surface area contributed by atoms with E-state index in [1.807, 2.05) is 0 Å². The Labute approximate surface area is 113 Å². The van der Waals surface area contributed by atoms with Crippen LogP contribution in [0.1, 0.15) is 45.4 Å². The molecule has 1 saturated heterocycles. The predicted molar refractivity (Wildman–Crippen MR) is 68.1 cm³/mol. The standard InChI is InChI=1S/C14H23F2NO2/c1-10-2-4-11(5-3-10)6-7-17-9-12-8-14(15,16)13(18)19-12/h10-12,17H,2-9H2,1H3. The molecule has 0 aromatic rings. The number of hydrogen-bond donors (Lipinski definition) is 1. The second kappa shape index (κ2) is 6.16. The van der Waals surface area contributed by atoms with Crippen LogP contribution in [-0.4, -0.2) is 31.1 Å². The maximum atomic E-state index is 12.9. The van der Waals surface area contributed by atoms with E-state index in [0.717, 1.165) is 24.8 Å². The Morgan fingerprint density at radius 3 is 2.58 bits per heavy atom. The topological polar surface area (TPSA) is 38.3 Å². The summed E-state index contributed by atoms with van der Waals surface area (Å²) in [5.74, 6) is -3.05. The molecule has 1 unspecified atom stereocenters. The van der Waals surface area contributed by atoms with Crippen molar-refractivity contribution < 1.29 is 18.3 Å². The molecule has 0 amide bonds. The van der Waals surface area contributed by atoms with Crippen LogP contribution in [0, 0.1) is 11.8 Å². The van der Waals surface area contributed by atoms with Crippen LogP contribution in [-0.2, 0) is 9.53 Å². The minimum absolute atomic E-state index is 0.338. The lowest BCUT2D eigenvalue weighted by Crippen LogP contribution is -2.29. The molecule has 0 aromatic carbocycles. The summed E-state index contributed by atoms with van der Waals surface area (Å²) in [5, 5.41) is 3.13. The van der Waals surface area contributed by atoms with E-state index >= 15 is 0 Å². The van der Waals surface area contributed by atoms with Gasteiger partial charge in [0.2, 0.25) is 0 Å². The average molecular weight is 275 g/mol. The number of cyclic esters (lactones) is 1. The van der Waals surface area contributed by atoms with Gasteiger partial charge in [-0.3, -0.25) is 0 Å². The van der Waals surface area contributed by atoms with E-state index < -0.39 is 24.4 Å². The number of esters is 1. The molecule has 2 aliphatic rings. The fraction of sp³-hybridized carbons (Fsp3) is 0.929. The fourth-order valence-electron chi connectivity index (χ4n) is 2.95. The summed E-state index contributed by atoms with van der Waals surface area (Å²) >= 11 is 0. The highest BCUT2D eigenvalue weighted by molar-refractivity contribution is 5.79. The zero-order chi connectivity index (χ0) is 13.9. The first-order chi connectivity index (χ1) is 8.97. The Balaban J connectivity index is 1.57. The van der Waals surface area contributed by atoms with Crippen molar-refractivity contribution >= 4 is 5.97 Å². The van der Waals surface area contributed by atoms with Crippen molar-refractivity contribution in [3.8, 4) is 0 Å². The maximum absolute atomic E-state index is 12.9. The lowest BCUT2D eigenvalue weighted by Gasteiger charge is -2.26. The van der Waals surface area contributed by atoms with E-state index in [4.69, 9.17) is 0 Å². The van der Waals surface area contributed by atoms with Crippen molar-refractivity contribution in [2.75, 3.05) is 13.1 Å². The number of hydrogen-bond acceptors (Lipinski definition) is 3. The van der Waals surface area contributed by atoms with Crippen LogP contribution in [0.2, 0.25) is 0 Å². The molecule has 1 N–H and O–H groups in total. The maximum Gasteiger partial charge on any atom is 0.377 e. The van der Waals surface area contributed by atoms with Gasteiger partial charge in [0.05, 0.1) is 6.42 Å². The lowest BCUT2D eigenvalue weighted by molar-refractivity contribution is -0.159. The van der Waals surface area contributed by atoms with Crippen LogP contribution in [0.3, 0.4) is 0 Å². The van der Waals surface area contributed by atoms with Gasteiger partial charge >= 0.3 is 11.9 Å². The van der Waals surface area contributed by atoms with Crippen LogP contribution >= 0.6 is 0 Å². The molecule has 1 saturated carbocycles. The number of rotatable bonds is 5. The molecule has 1 atom stereocenters. The van der Waals surface area contributed by atoms with Crippen LogP contribution in [0.4, 0.5) is 8.78 Å². The van der Waals surface area contributed by atoms with Crippen LogP contribution < -0.4 is 5.32 Å². The molecule has 0 bridgehead atoms. The minimum atomic E-state index is -3.29. The number of nitrogens with one attached hydrogen (secondary N) is 1. The largest absolute Gasteiger partial charge is 0.456 e. The van der Waals surface area contributed by atoms with Crippen molar-refractivity contribution in [1.82, 2.24) is 5.32 Å². The highest BCUT2D eigenvalue weighted by Gasteiger charge is 2.50. The lowest BCUT2D eigenvalue weighted by atomic mass is 9.81. The summed E-state index contributed by atoms with van der Waals surface area (Å²) in [6.45, 7) is 3.45. The van der Waals surface area contributed by atoms with E-state index in [0.29, 0.717) is 6.54 Å². The van der Waals surface area contributed by atoms with Gasteiger partial charge in [0.15, 0.2) is 0 Å². The summed E-state index contributed by atoms with van der Waals surface area (Å²) in [4.78, 5) is 10.8. The van der Waals surface area contributed by atoms with Gasteiger partial charge in [0.1, 0.15) is 6.10 Å². The Kier molecular flexibility index (Phi) is 4.76. The number of carbonyl (C=O) groups is 1.